The van der Waals surface area contributed by atoms with Gasteiger partial charge >= 0.3 is 0 Å². The van der Waals surface area contributed by atoms with E-state index >= 15 is 0 Å². The van der Waals surface area contributed by atoms with E-state index < -0.39 is 0 Å². The van der Waals surface area contributed by atoms with Crippen LogP contribution in [0.1, 0.15) is 13.3 Å². The molecule has 5 nitrogen and oxygen atoms in total. The highest BCUT2D eigenvalue weighted by atomic mass is 35.5. The Balaban J connectivity index is 2.06. The molecule has 1 unspecified atom stereocenters. The van der Waals surface area contributed by atoms with E-state index in [1.807, 2.05) is 18.7 Å². The lowest BCUT2D eigenvalue weighted by molar-refractivity contribution is 0.795. The number of hydrogen-bond acceptors (Lipinski definition) is 6. The van der Waals surface area contributed by atoms with Crippen molar-refractivity contribution in [1.29, 1.82) is 0 Å². The number of halogens is 1. The monoisotopic (exact) mass is 259 g/mol. The predicted molar refractivity (Wildman–Crippen MR) is 68.4 cm³/mol. The average Bonchev–Trinajstić information content (AvgIpc) is 2.70. The van der Waals surface area contributed by atoms with Gasteiger partial charge in [0.1, 0.15) is 0 Å². The molecule has 1 atom stereocenters. The van der Waals surface area contributed by atoms with Gasteiger partial charge in [-0.3, -0.25) is 0 Å². The normalized spacial score (nSPS) is 19.8. The third kappa shape index (κ3) is 3.12. The van der Waals surface area contributed by atoms with E-state index in [1.54, 1.807) is 0 Å². The van der Waals surface area contributed by atoms with Crippen LogP contribution < -0.4 is 10.6 Å². The fraction of sp³-hybridized carbons (Fsp3) is 0.667. The van der Waals surface area contributed by atoms with E-state index in [0.29, 0.717) is 17.9 Å². The Kier molecular flexibility index (Phi) is 4.06. The largest absolute Gasteiger partial charge is 0.354 e. The van der Waals surface area contributed by atoms with Gasteiger partial charge in [-0.15, -0.1) is 0 Å². The number of nitrogens with one attached hydrogen (secondary N) is 2. The SMILES string of the molecule is CCNc1nc(Cl)nc(NC2CCSC2)n1. The maximum Gasteiger partial charge on any atom is 0.229 e. The first-order valence-electron chi connectivity index (χ1n) is 5.27. The molecule has 0 saturated carbocycles. The lowest BCUT2D eigenvalue weighted by Crippen LogP contribution is -2.20. The van der Waals surface area contributed by atoms with Crippen molar-refractivity contribution in [2.24, 2.45) is 0 Å². The molecule has 2 rings (SSSR count). The fourth-order valence-electron chi connectivity index (χ4n) is 1.48. The molecule has 2 heterocycles. The molecule has 0 aromatic carbocycles. The van der Waals surface area contributed by atoms with E-state index in [1.165, 1.54) is 5.75 Å². The third-order valence-corrected chi connectivity index (χ3v) is 3.54. The van der Waals surface area contributed by atoms with Crippen LogP contribution in [0.2, 0.25) is 5.28 Å². The van der Waals surface area contributed by atoms with Gasteiger partial charge in [0.05, 0.1) is 0 Å². The van der Waals surface area contributed by atoms with Gasteiger partial charge in [-0.2, -0.15) is 26.7 Å². The number of aromatic nitrogens is 3. The number of thioether (sulfide) groups is 1. The molecule has 16 heavy (non-hydrogen) atoms. The number of anilines is 2. The van der Waals surface area contributed by atoms with Crippen LogP contribution in [0.25, 0.3) is 0 Å². The van der Waals surface area contributed by atoms with Gasteiger partial charge in [-0.05, 0) is 30.7 Å². The van der Waals surface area contributed by atoms with Crippen molar-refractivity contribution in [3.63, 3.8) is 0 Å². The van der Waals surface area contributed by atoms with Gasteiger partial charge in [0.15, 0.2) is 0 Å². The maximum absolute atomic E-state index is 5.82. The summed E-state index contributed by atoms with van der Waals surface area (Å²) < 4.78 is 0. The summed E-state index contributed by atoms with van der Waals surface area (Å²) in [5, 5.41) is 6.52. The lowest BCUT2D eigenvalue weighted by Gasteiger charge is -2.11. The second kappa shape index (κ2) is 5.54. The summed E-state index contributed by atoms with van der Waals surface area (Å²) in [7, 11) is 0. The molecule has 0 radical (unpaired) electrons. The third-order valence-electron chi connectivity index (χ3n) is 2.21. The van der Waals surface area contributed by atoms with Crippen molar-refractivity contribution < 1.29 is 0 Å². The zero-order valence-corrected chi connectivity index (χ0v) is 10.6. The Labute approximate surface area is 104 Å². The first-order valence-corrected chi connectivity index (χ1v) is 6.81. The molecule has 0 amide bonds. The second-order valence-corrected chi connectivity index (χ2v) is 4.97. The topological polar surface area (TPSA) is 62.7 Å². The van der Waals surface area contributed by atoms with Gasteiger partial charge in [0.2, 0.25) is 17.2 Å². The second-order valence-electron chi connectivity index (χ2n) is 3.49. The number of nitrogens with zero attached hydrogens (tertiary/aromatic N) is 3. The van der Waals surface area contributed by atoms with Crippen molar-refractivity contribution in [1.82, 2.24) is 15.0 Å². The van der Waals surface area contributed by atoms with Crippen LogP contribution in [0.5, 0.6) is 0 Å². The molecular formula is C9H14ClN5S. The fourth-order valence-corrected chi connectivity index (χ4v) is 2.80. The van der Waals surface area contributed by atoms with Gasteiger partial charge in [0, 0.05) is 18.3 Å². The highest BCUT2D eigenvalue weighted by Gasteiger charge is 2.16. The molecule has 0 aliphatic carbocycles. The quantitative estimate of drug-likeness (QED) is 0.861. The molecule has 1 aromatic heterocycles. The molecule has 1 aliphatic heterocycles. The van der Waals surface area contributed by atoms with Crippen molar-refractivity contribution in [3.05, 3.63) is 5.28 Å². The van der Waals surface area contributed by atoms with Crippen LogP contribution >= 0.6 is 23.4 Å². The van der Waals surface area contributed by atoms with Crippen LogP contribution in [0.4, 0.5) is 11.9 Å². The van der Waals surface area contributed by atoms with Gasteiger partial charge in [-0.1, -0.05) is 0 Å². The van der Waals surface area contributed by atoms with Gasteiger partial charge < -0.3 is 10.6 Å². The molecule has 1 aliphatic rings. The number of rotatable bonds is 4. The Morgan fingerprint density at radius 1 is 1.38 bits per heavy atom. The molecular weight excluding hydrogens is 246 g/mol. The minimum atomic E-state index is 0.221. The number of hydrogen-bond donors (Lipinski definition) is 2. The maximum atomic E-state index is 5.82. The van der Waals surface area contributed by atoms with Crippen LogP contribution in [-0.4, -0.2) is 39.0 Å². The van der Waals surface area contributed by atoms with E-state index in [-0.39, 0.29) is 5.28 Å². The van der Waals surface area contributed by atoms with E-state index in [2.05, 4.69) is 25.6 Å². The zero-order chi connectivity index (χ0) is 11.4. The van der Waals surface area contributed by atoms with Gasteiger partial charge in [-0.25, -0.2) is 0 Å². The summed E-state index contributed by atoms with van der Waals surface area (Å²) in [5.41, 5.74) is 0. The van der Waals surface area contributed by atoms with E-state index in [4.69, 9.17) is 11.6 Å². The Morgan fingerprint density at radius 2 is 2.19 bits per heavy atom. The summed E-state index contributed by atoms with van der Waals surface area (Å²) in [5.74, 6) is 3.37. The summed E-state index contributed by atoms with van der Waals surface area (Å²) >= 11 is 7.76. The Bertz CT molecular complexity index is 356. The van der Waals surface area contributed by atoms with E-state index in [0.717, 1.165) is 18.7 Å². The van der Waals surface area contributed by atoms with Crippen LogP contribution in [0, 0.1) is 0 Å². The summed E-state index contributed by atoms with van der Waals surface area (Å²) in [6.07, 6.45) is 1.14. The summed E-state index contributed by atoms with van der Waals surface area (Å²) in [6.45, 7) is 2.75. The summed E-state index contributed by atoms with van der Waals surface area (Å²) in [6, 6.07) is 0.443. The van der Waals surface area contributed by atoms with Crippen LogP contribution in [0.15, 0.2) is 0 Å². The average molecular weight is 260 g/mol. The Morgan fingerprint density at radius 3 is 2.88 bits per heavy atom. The molecule has 88 valence electrons. The molecule has 1 saturated heterocycles. The van der Waals surface area contributed by atoms with Crippen molar-refractivity contribution >= 4 is 35.3 Å². The molecule has 0 bridgehead atoms. The van der Waals surface area contributed by atoms with Crippen LogP contribution in [0.3, 0.4) is 0 Å². The first-order chi connectivity index (χ1) is 7.78. The predicted octanol–water partition coefficient (Wildman–Crippen LogP) is 1.87. The lowest BCUT2D eigenvalue weighted by atomic mass is 10.3. The highest BCUT2D eigenvalue weighted by molar-refractivity contribution is 7.99. The minimum Gasteiger partial charge on any atom is -0.354 e. The Hall–Kier alpha value is -0.750. The smallest absolute Gasteiger partial charge is 0.229 e. The molecule has 1 fully saturated rings. The van der Waals surface area contributed by atoms with Crippen molar-refractivity contribution in [3.8, 4) is 0 Å². The first kappa shape index (κ1) is 11.7. The molecule has 7 heteroatoms. The highest BCUT2D eigenvalue weighted by Crippen LogP contribution is 2.20. The van der Waals surface area contributed by atoms with Crippen LogP contribution in [-0.2, 0) is 0 Å². The molecule has 1 aromatic rings. The molecule has 0 spiro atoms. The van der Waals surface area contributed by atoms with E-state index in [9.17, 15) is 0 Å². The van der Waals surface area contributed by atoms with Crippen molar-refractivity contribution in [2.75, 3.05) is 28.7 Å². The summed E-state index contributed by atoms with van der Waals surface area (Å²) in [4.78, 5) is 12.3. The molecule has 2 N–H and O–H groups in total. The minimum absolute atomic E-state index is 0.221. The standard InChI is InChI=1S/C9H14ClN5S/c1-2-11-8-13-7(10)14-9(15-8)12-6-3-4-16-5-6/h6H,2-5H2,1H3,(H2,11,12,13,14,15). The zero-order valence-electron chi connectivity index (χ0n) is 9.03. The van der Waals surface area contributed by atoms with Gasteiger partial charge in [0.25, 0.3) is 0 Å². The van der Waals surface area contributed by atoms with Crippen molar-refractivity contribution in [2.45, 2.75) is 19.4 Å².